The Bertz CT molecular complexity index is 438. The first kappa shape index (κ1) is 13.6. The zero-order valence-electron chi connectivity index (χ0n) is 11.2. The van der Waals surface area contributed by atoms with Crippen molar-refractivity contribution in [1.82, 2.24) is 4.90 Å². The van der Waals surface area contributed by atoms with Crippen molar-refractivity contribution >= 4 is 11.9 Å². The minimum Gasteiger partial charge on any atom is -0.452 e. The Labute approximate surface area is 113 Å². The van der Waals surface area contributed by atoms with Crippen molar-refractivity contribution < 1.29 is 14.3 Å². The summed E-state index contributed by atoms with van der Waals surface area (Å²) in [5.41, 5.74) is 0.897. The zero-order valence-corrected chi connectivity index (χ0v) is 11.2. The van der Waals surface area contributed by atoms with Gasteiger partial charge >= 0.3 is 5.97 Å². The molecule has 0 N–H and O–H groups in total. The summed E-state index contributed by atoms with van der Waals surface area (Å²) in [6, 6.07) is 9.39. The Morgan fingerprint density at radius 3 is 2.47 bits per heavy atom. The highest BCUT2D eigenvalue weighted by Gasteiger charge is 2.25. The number of esters is 1. The van der Waals surface area contributed by atoms with E-state index in [9.17, 15) is 9.59 Å². The number of likely N-dealkylation sites (tertiary alicyclic amines) is 1. The summed E-state index contributed by atoms with van der Waals surface area (Å²) >= 11 is 0. The fourth-order valence-electron chi connectivity index (χ4n) is 2.25. The van der Waals surface area contributed by atoms with Crippen LogP contribution in [-0.4, -0.2) is 36.0 Å². The van der Waals surface area contributed by atoms with Crippen molar-refractivity contribution in [2.75, 3.05) is 13.1 Å². The summed E-state index contributed by atoms with van der Waals surface area (Å²) in [6.07, 6.45) is 1.60. The summed E-state index contributed by atoms with van der Waals surface area (Å²) in [7, 11) is 0. The smallest absolute Gasteiger partial charge is 0.311 e. The van der Waals surface area contributed by atoms with E-state index in [4.69, 9.17) is 4.74 Å². The normalized spacial score (nSPS) is 16.2. The lowest BCUT2D eigenvalue weighted by molar-refractivity contribution is -0.158. The van der Waals surface area contributed by atoms with E-state index >= 15 is 0 Å². The first-order valence-corrected chi connectivity index (χ1v) is 6.69. The third-order valence-corrected chi connectivity index (χ3v) is 3.27. The first-order chi connectivity index (χ1) is 9.16. The lowest BCUT2D eigenvalue weighted by atomic mass is 10.1. The second-order valence-corrected chi connectivity index (χ2v) is 4.83. The number of rotatable bonds is 4. The molecular formula is C15H19NO3. The summed E-state index contributed by atoms with van der Waals surface area (Å²) in [4.78, 5) is 25.5. The maximum atomic E-state index is 12.0. The van der Waals surface area contributed by atoms with Gasteiger partial charge in [-0.3, -0.25) is 9.59 Å². The number of hydrogen-bond acceptors (Lipinski definition) is 3. The van der Waals surface area contributed by atoms with Crippen LogP contribution in [0.25, 0.3) is 0 Å². The number of amides is 1. The van der Waals surface area contributed by atoms with Gasteiger partial charge in [0, 0.05) is 13.1 Å². The fraction of sp³-hybridized carbons (Fsp3) is 0.467. The number of carbonyl (C=O) groups excluding carboxylic acids is 2. The Kier molecular flexibility index (Phi) is 4.55. The van der Waals surface area contributed by atoms with Crippen molar-refractivity contribution in [3.05, 3.63) is 35.9 Å². The van der Waals surface area contributed by atoms with Crippen LogP contribution >= 0.6 is 0 Å². The Hall–Kier alpha value is -1.84. The topological polar surface area (TPSA) is 46.6 Å². The molecule has 19 heavy (non-hydrogen) atoms. The monoisotopic (exact) mass is 261 g/mol. The van der Waals surface area contributed by atoms with Crippen molar-refractivity contribution in [2.24, 2.45) is 0 Å². The predicted octanol–water partition coefficient (Wildman–Crippen LogP) is 1.78. The van der Waals surface area contributed by atoms with Crippen molar-refractivity contribution in [1.29, 1.82) is 0 Å². The van der Waals surface area contributed by atoms with Crippen molar-refractivity contribution in [2.45, 2.75) is 32.3 Å². The van der Waals surface area contributed by atoms with Gasteiger partial charge < -0.3 is 9.64 Å². The van der Waals surface area contributed by atoms with E-state index in [2.05, 4.69) is 0 Å². The summed E-state index contributed by atoms with van der Waals surface area (Å²) in [5.74, 6) is -0.440. The highest BCUT2D eigenvalue weighted by atomic mass is 16.5. The van der Waals surface area contributed by atoms with Crippen LogP contribution < -0.4 is 0 Å². The number of nitrogens with zero attached hydrogens (tertiary/aromatic N) is 1. The van der Waals surface area contributed by atoms with Crippen LogP contribution in [0.4, 0.5) is 0 Å². The lowest BCUT2D eigenvalue weighted by Crippen LogP contribution is -2.38. The molecule has 4 nitrogen and oxygen atoms in total. The fourth-order valence-corrected chi connectivity index (χ4v) is 2.25. The van der Waals surface area contributed by atoms with Crippen molar-refractivity contribution in [3.63, 3.8) is 0 Å². The molecule has 0 aromatic heterocycles. The van der Waals surface area contributed by atoms with E-state index < -0.39 is 6.10 Å². The first-order valence-electron chi connectivity index (χ1n) is 6.69. The average Bonchev–Trinajstić information content (AvgIpc) is 2.92. The molecule has 1 fully saturated rings. The molecule has 1 aromatic carbocycles. The number of benzene rings is 1. The van der Waals surface area contributed by atoms with Crippen molar-refractivity contribution in [3.8, 4) is 0 Å². The second kappa shape index (κ2) is 6.36. The van der Waals surface area contributed by atoms with E-state index in [1.54, 1.807) is 11.8 Å². The van der Waals surface area contributed by atoms with Crippen LogP contribution in [0.15, 0.2) is 30.3 Å². The molecule has 0 unspecified atom stereocenters. The average molecular weight is 261 g/mol. The van der Waals surface area contributed by atoms with Gasteiger partial charge in [0.1, 0.15) is 0 Å². The molecule has 1 aromatic rings. The minimum absolute atomic E-state index is 0.0843. The predicted molar refractivity (Wildman–Crippen MR) is 71.5 cm³/mol. The maximum Gasteiger partial charge on any atom is 0.311 e. The number of ether oxygens (including phenoxy) is 1. The van der Waals surface area contributed by atoms with E-state index in [0.29, 0.717) is 0 Å². The molecule has 2 rings (SSSR count). The van der Waals surface area contributed by atoms with Crippen LogP contribution in [0.5, 0.6) is 0 Å². The molecule has 0 saturated carbocycles. The molecule has 102 valence electrons. The van der Waals surface area contributed by atoms with Gasteiger partial charge in [0.2, 0.25) is 0 Å². The van der Waals surface area contributed by atoms with Gasteiger partial charge in [-0.25, -0.2) is 0 Å². The molecular weight excluding hydrogens is 242 g/mol. The Balaban J connectivity index is 1.83. The molecule has 1 amide bonds. The summed E-state index contributed by atoms with van der Waals surface area (Å²) in [5, 5.41) is 0. The van der Waals surface area contributed by atoms with Gasteiger partial charge in [0.25, 0.3) is 5.91 Å². The molecule has 0 spiro atoms. The molecule has 1 saturated heterocycles. The molecule has 4 heteroatoms. The van der Waals surface area contributed by atoms with Gasteiger partial charge in [-0.1, -0.05) is 30.3 Å². The van der Waals surface area contributed by atoms with E-state index in [-0.39, 0.29) is 18.3 Å². The van der Waals surface area contributed by atoms with Gasteiger partial charge in [0.15, 0.2) is 6.10 Å². The SMILES string of the molecule is C[C@@H](OC(=O)Cc1ccccc1)C(=O)N1CCCC1. The van der Waals surface area contributed by atoms with Crippen LogP contribution in [-0.2, 0) is 20.7 Å². The zero-order chi connectivity index (χ0) is 13.7. The van der Waals surface area contributed by atoms with E-state index in [1.165, 1.54) is 0 Å². The van der Waals surface area contributed by atoms with Gasteiger partial charge in [-0.2, -0.15) is 0 Å². The summed E-state index contributed by atoms with van der Waals surface area (Å²) in [6.45, 7) is 3.20. The van der Waals surface area contributed by atoms with Crippen LogP contribution in [0, 0.1) is 0 Å². The molecule has 1 heterocycles. The van der Waals surface area contributed by atoms with Crippen LogP contribution in [0.1, 0.15) is 25.3 Å². The van der Waals surface area contributed by atoms with Gasteiger partial charge in [-0.15, -0.1) is 0 Å². The second-order valence-electron chi connectivity index (χ2n) is 4.83. The summed E-state index contributed by atoms with van der Waals surface area (Å²) < 4.78 is 5.20. The highest BCUT2D eigenvalue weighted by molar-refractivity contribution is 5.84. The Morgan fingerprint density at radius 1 is 1.21 bits per heavy atom. The van der Waals surface area contributed by atoms with Crippen LogP contribution in [0.2, 0.25) is 0 Å². The molecule has 1 aliphatic heterocycles. The molecule has 1 atom stereocenters. The number of hydrogen-bond donors (Lipinski definition) is 0. The van der Waals surface area contributed by atoms with Gasteiger partial charge in [0.05, 0.1) is 6.42 Å². The standard InChI is InChI=1S/C15H19NO3/c1-12(15(18)16-9-5-6-10-16)19-14(17)11-13-7-3-2-4-8-13/h2-4,7-8,12H,5-6,9-11H2,1H3/t12-/m1/s1. The lowest BCUT2D eigenvalue weighted by Gasteiger charge is -2.20. The third-order valence-electron chi connectivity index (χ3n) is 3.27. The van der Waals surface area contributed by atoms with Gasteiger partial charge in [-0.05, 0) is 25.3 Å². The third kappa shape index (κ3) is 3.81. The maximum absolute atomic E-state index is 12.0. The van der Waals surface area contributed by atoms with E-state index in [1.807, 2.05) is 30.3 Å². The molecule has 0 bridgehead atoms. The largest absolute Gasteiger partial charge is 0.452 e. The van der Waals surface area contributed by atoms with Crippen LogP contribution in [0.3, 0.4) is 0 Å². The quantitative estimate of drug-likeness (QED) is 0.776. The Morgan fingerprint density at radius 2 is 1.84 bits per heavy atom. The van der Waals surface area contributed by atoms with E-state index in [0.717, 1.165) is 31.5 Å². The molecule has 1 aliphatic rings. The minimum atomic E-state index is -0.686. The molecule has 0 radical (unpaired) electrons. The number of carbonyl (C=O) groups is 2. The molecule has 0 aliphatic carbocycles. The highest BCUT2D eigenvalue weighted by Crippen LogP contribution is 2.11.